The minimum Gasteiger partial charge on any atom is -0.493 e. The van der Waals surface area contributed by atoms with Crippen LogP contribution in [-0.2, 0) is 6.61 Å². The molecule has 0 fully saturated rings. The molecule has 5 nitrogen and oxygen atoms in total. The Labute approximate surface area is 141 Å². The second-order valence-corrected chi connectivity index (χ2v) is 5.01. The highest BCUT2D eigenvalue weighted by Gasteiger charge is 2.22. The number of hydrogen-bond donors (Lipinski definition) is 0. The molecule has 5 heteroatoms. The molecule has 122 valence electrons. The molecule has 0 aliphatic rings. The summed E-state index contributed by atoms with van der Waals surface area (Å²) in [6, 6.07) is 15.2. The Morgan fingerprint density at radius 3 is 2.33 bits per heavy atom. The molecule has 24 heavy (non-hydrogen) atoms. The Balaban J connectivity index is 2.46. The third kappa shape index (κ3) is 3.77. The third-order valence-corrected chi connectivity index (χ3v) is 3.33. The Hall–Kier alpha value is -3.18. The summed E-state index contributed by atoms with van der Waals surface area (Å²) in [5.74, 6) is 0.962. The molecule has 0 radical (unpaired) electrons. The standard InChI is InChI=1S/C19H18N2O3/c1-3-9-23-18-16(12-21)15(11-20)10-17(22-2)19(18)24-13-14-7-5-4-6-8-14/h4-8,10H,3,9,13H2,1-2H3. The molecule has 0 heterocycles. The number of benzene rings is 2. The van der Waals surface area contributed by atoms with Crippen molar-refractivity contribution in [2.75, 3.05) is 13.7 Å². The maximum absolute atomic E-state index is 9.43. The number of nitriles is 2. The first-order valence-electron chi connectivity index (χ1n) is 7.59. The van der Waals surface area contributed by atoms with Crippen molar-refractivity contribution in [2.45, 2.75) is 20.0 Å². The van der Waals surface area contributed by atoms with Crippen molar-refractivity contribution in [3.05, 3.63) is 53.1 Å². The molecule has 0 bridgehead atoms. The van der Waals surface area contributed by atoms with E-state index in [9.17, 15) is 10.5 Å². The highest BCUT2D eigenvalue weighted by molar-refractivity contribution is 5.66. The van der Waals surface area contributed by atoms with Crippen LogP contribution in [0.4, 0.5) is 0 Å². The van der Waals surface area contributed by atoms with E-state index in [0.29, 0.717) is 24.7 Å². The van der Waals surface area contributed by atoms with Gasteiger partial charge in [-0.25, -0.2) is 0 Å². The van der Waals surface area contributed by atoms with Gasteiger partial charge in [-0.15, -0.1) is 0 Å². The van der Waals surface area contributed by atoms with E-state index < -0.39 is 0 Å². The van der Waals surface area contributed by atoms with E-state index in [-0.39, 0.29) is 16.9 Å². The van der Waals surface area contributed by atoms with E-state index in [1.54, 1.807) is 0 Å². The summed E-state index contributed by atoms with van der Waals surface area (Å²) in [6.45, 7) is 2.67. The van der Waals surface area contributed by atoms with Gasteiger partial charge in [0.1, 0.15) is 24.3 Å². The van der Waals surface area contributed by atoms with Crippen molar-refractivity contribution in [3.8, 4) is 29.4 Å². The van der Waals surface area contributed by atoms with Crippen LogP contribution in [0.3, 0.4) is 0 Å². The maximum Gasteiger partial charge on any atom is 0.205 e. The average Bonchev–Trinajstić information content (AvgIpc) is 2.64. The summed E-state index contributed by atoms with van der Waals surface area (Å²) in [7, 11) is 1.49. The first kappa shape index (κ1) is 17.2. The molecule has 0 saturated heterocycles. The first-order valence-corrected chi connectivity index (χ1v) is 7.59. The Morgan fingerprint density at radius 1 is 1.00 bits per heavy atom. The normalized spacial score (nSPS) is 9.67. The highest BCUT2D eigenvalue weighted by atomic mass is 16.5. The van der Waals surface area contributed by atoms with Gasteiger partial charge in [0.25, 0.3) is 0 Å². The van der Waals surface area contributed by atoms with Crippen LogP contribution in [0.15, 0.2) is 36.4 Å². The number of methoxy groups -OCH3 is 1. The van der Waals surface area contributed by atoms with Gasteiger partial charge < -0.3 is 14.2 Å². The summed E-state index contributed by atoms with van der Waals surface area (Å²) in [6.07, 6.45) is 0.766. The van der Waals surface area contributed by atoms with E-state index in [1.165, 1.54) is 13.2 Å². The number of hydrogen-bond acceptors (Lipinski definition) is 5. The number of rotatable bonds is 7. The molecule has 0 aliphatic carbocycles. The smallest absolute Gasteiger partial charge is 0.205 e. The molecular formula is C19H18N2O3. The van der Waals surface area contributed by atoms with Gasteiger partial charge in [-0.1, -0.05) is 37.3 Å². The molecule has 0 spiro atoms. The lowest BCUT2D eigenvalue weighted by atomic mass is 10.1. The number of nitrogens with zero attached hydrogens (tertiary/aromatic N) is 2. The molecule has 0 saturated carbocycles. The molecule has 2 aromatic rings. The largest absolute Gasteiger partial charge is 0.493 e. The molecule has 0 N–H and O–H groups in total. The van der Waals surface area contributed by atoms with Crippen LogP contribution in [0.25, 0.3) is 0 Å². The van der Waals surface area contributed by atoms with Gasteiger partial charge >= 0.3 is 0 Å². The van der Waals surface area contributed by atoms with Crippen LogP contribution in [-0.4, -0.2) is 13.7 Å². The fourth-order valence-electron chi connectivity index (χ4n) is 2.18. The van der Waals surface area contributed by atoms with E-state index >= 15 is 0 Å². The predicted molar refractivity (Wildman–Crippen MR) is 89.0 cm³/mol. The zero-order valence-electron chi connectivity index (χ0n) is 13.7. The fourth-order valence-corrected chi connectivity index (χ4v) is 2.18. The van der Waals surface area contributed by atoms with Gasteiger partial charge in [-0.2, -0.15) is 10.5 Å². The lowest BCUT2D eigenvalue weighted by Gasteiger charge is -2.17. The Kier molecular flexibility index (Phi) is 6.05. The molecule has 2 aromatic carbocycles. The van der Waals surface area contributed by atoms with Crippen LogP contribution in [0.2, 0.25) is 0 Å². The SMILES string of the molecule is CCCOc1c(C#N)c(C#N)cc(OC)c1OCc1ccccc1. The van der Waals surface area contributed by atoms with E-state index in [1.807, 2.05) is 49.4 Å². The van der Waals surface area contributed by atoms with Gasteiger partial charge in [-0.05, 0) is 12.0 Å². The monoisotopic (exact) mass is 322 g/mol. The van der Waals surface area contributed by atoms with Crippen molar-refractivity contribution in [3.63, 3.8) is 0 Å². The zero-order chi connectivity index (χ0) is 17.4. The predicted octanol–water partition coefficient (Wildman–Crippen LogP) is 3.81. The molecule has 0 unspecified atom stereocenters. The van der Waals surface area contributed by atoms with Crippen molar-refractivity contribution < 1.29 is 14.2 Å². The summed E-state index contributed by atoms with van der Waals surface area (Å²) < 4.78 is 16.9. The molecule has 0 amide bonds. The molecule has 0 atom stereocenters. The van der Waals surface area contributed by atoms with Crippen molar-refractivity contribution in [2.24, 2.45) is 0 Å². The average molecular weight is 322 g/mol. The lowest BCUT2D eigenvalue weighted by molar-refractivity contribution is 0.248. The minimum absolute atomic E-state index is 0.162. The highest BCUT2D eigenvalue weighted by Crippen LogP contribution is 2.42. The summed E-state index contributed by atoms with van der Waals surface area (Å²) in [4.78, 5) is 0. The summed E-state index contributed by atoms with van der Waals surface area (Å²) >= 11 is 0. The summed E-state index contributed by atoms with van der Waals surface area (Å²) in [5.41, 5.74) is 1.34. The van der Waals surface area contributed by atoms with Gasteiger partial charge in [0, 0.05) is 6.07 Å². The van der Waals surface area contributed by atoms with Crippen molar-refractivity contribution >= 4 is 0 Å². The lowest BCUT2D eigenvalue weighted by Crippen LogP contribution is -2.05. The van der Waals surface area contributed by atoms with Crippen molar-refractivity contribution in [1.29, 1.82) is 10.5 Å². The van der Waals surface area contributed by atoms with E-state index in [4.69, 9.17) is 14.2 Å². The van der Waals surface area contributed by atoms with E-state index in [0.717, 1.165) is 12.0 Å². The molecule has 0 aliphatic heterocycles. The Bertz CT molecular complexity index is 774. The maximum atomic E-state index is 9.43. The van der Waals surface area contributed by atoms with Gasteiger partial charge in [0.15, 0.2) is 11.5 Å². The molecule has 2 rings (SSSR count). The van der Waals surface area contributed by atoms with Crippen LogP contribution in [0.1, 0.15) is 30.0 Å². The van der Waals surface area contributed by atoms with Crippen molar-refractivity contribution in [1.82, 2.24) is 0 Å². The minimum atomic E-state index is 0.162. The van der Waals surface area contributed by atoms with Gasteiger partial charge in [0.05, 0.1) is 19.3 Å². The van der Waals surface area contributed by atoms with Crippen LogP contribution in [0, 0.1) is 22.7 Å². The second kappa shape index (κ2) is 8.45. The first-order chi connectivity index (χ1) is 11.7. The van der Waals surface area contributed by atoms with Crippen LogP contribution in [0.5, 0.6) is 17.2 Å². The molecular weight excluding hydrogens is 304 g/mol. The molecule has 0 aromatic heterocycles. The number of ether oxygens (including phenoxy) is 3. The zero-order valence-corrected chi connectivity index (χ0v) is 13.7. The summed E-state index contributed by atoms with van der Waals surface area (Å²) in [5, 5.41) is 18.7. The topological polar surface area (TPSA) is 75.3 Å². The third-order valence-electron chi connectivity index (χ3n) is 3.33. The van der Waals surface area contributed by atoms with Gasteiger partial charge in [0.2, 0.25) is 5.75 Å². The van der Waals surface area contributed by atoms with Crippen LogP contribution < -0.4 is 14.2 Å². The fraction of sp³-hybridized carbons (Fsp3) is 0.263. The quantitative estimate of drug-likeness (QED) is 0.775. The van der Waals surface area contributed by atoms with E-state index in [2.05, 4.69) is 0 Å². The Morgan fingerprint density at radius 2 is 1.75 bits per heavy atom. The van der Waals surface area contributed by atoms with Crippen LogP contribution >= 0.6 is 0 Å². The second-order valence-electron chi connectivity index (χ2n) is 5.01. The van der Waals surface area contributed by atoms with Gasteiger partial charge in [-0.3, -0.25) is 0 Å².